The number of carboxylic acid groups (broad SMARTS) is 1. The van der Waals surface area contributed by atoms with E-state index >= 15 is 0 Å². The minimum Gasteiger partial charge on any atom is -0.491 e. The largest absolute Gasteiger partial charge is 0.491 e. The molecule has 1 unspecified atom stereocenters. The van der Waals surface area contributed by atoms with Crippen molar-refractivity contribution in [3.8, 4) is 5.75 Å². The molecular formula is C15H21FO3. The molecule has 0 aliphatic heterocycles. The molecule has 1 aromatic rings. The van der Waals surface area contributed by atoms with Gasteiger partial charge in [0.15, 0.2) is 11.6 Å². The van der Waals surface area contributed by atoms with E-state index in [0.717, 1.165) is 0 Å². The first-order valence-electron chi connectivity index (χ1n) is 6.47. The highest BCUT2D eigenvalue weighted by molar-refractivity contribution is 5.80. The molecule has 0 aliphatic carbocycles. The molecule has 0 aliphatic rings. The van der Waals surface area contributed by atoms with Crippen molar-refractivity contribution in [1.82, 2.24) is 0 Å². The Hall–Kier alpha value is -1.58. The highest BCUT2D eigenvalue weighted by Crippen LogP contribution is 2.33. The lowest BCUT2D eigenvalue weighted by Crippen LogP contribution is -2.34. The fourth-order valence-electron chi connectivity index (χ4n) is 2.26. The topological polar surface area (TPSA) is 46.5 Å². The van der Waals surface area contributed by atoms with Crippen molar-refractivity contribution in [2.45, 2.75) is 39.5 Å². The molecule has 4 heteroatoms. The smallest absolute Gasteiger partial charge is 0.313 e. The van der Waals surface area contributed by atoms with Gasteiger partial charge in [0.25, 0.3) is 0 Å². The van der Waals surface area contributed by atoms with Gasteiger partial charge in [0.05, 0.1) is 12.0 Å². The molecule has 0 saturated carbocycles. The first-order chi connectivity index (χ1) is 8.81. The van der Waals surface area contributed by atoms with Crippen molar-refractivity contribution < 1.29 is 19.0 Å². The fraction of sp³-hybridized carbons (Fsp3) is 0.533. The SMILES string of the molecule is CCOc1ccc(C(C)(CC(C)C)C(=O)O)cc1F. The summed E-state index contributed by atoms with van der Waals surface area (Å²) >= 11 is 0. The van der Waals surface area contributed by atoms with Crippen molar-refractivity contribution >= 4 is 5.97 Å². The summed E-state index contributed by atoms with van der Waals surface area (Å²) in [4.78, 5) is 11.5. The van der Waals surface area contributed by atoms with Crippen LogP contribution in [0, 0.1) is 11.7 Å². The van der Waals surface area contributed by atoms with Crippen LogP contribution in [0.25, 0.3) is 0 Å². The van der Waals surface area contributed by atoms with Crippen LogP contribution in [0.3, 0.4) is 0 Å². The van der Waals surface area contributed by atoms with Crippen molar-refractivity contribution in [3.05, 3.63) is 29.6 Å². The summed E-state index contributed by atoms with van der Waals surface area (Å²) in [7, 11) is 0. The highest BCUT2D eigenvalue weighted by atomic mass is 19.1. The Kier molecular flexibility index (Phi) is 4.92. The Balaban J connectivity index is 3.17. The number of rotatable bonds is 6. The maximum Gasteiger partial charge on any atom is 0.313 e. The predicted molar refractivity (Wildman–Crippen MR) is 72.0 cm³/mol. The molecule has 0 bridgehead atoms. The van der Waals surface area contributed by atoms with Crippen molar-refractivity contribution in [2.75, 3.05) is 6.61 Å². The highest BCUT2D eigenvalue weighted by Gasteiger charge is 2.36. The fourth-order valence-corrected chi connectivity index (χ4v) is 2.26. The standard InChI is InChI=1S/C15H21FO3/c1-5-19-13-7-6-11(8-12(13)16)15(4,14(17)18)9-10(2)3/h6-8,10H,5,9H2,1-4H3,(H,17,18). The second kappa shape index (κ2) is 6.04. The third kappa shape index (κ3) is 3.46. The normalized spacial score (nSPS) is 14.2. The third-order valence-corrected chi connectivity index (χ3v) is 3.16. The van der Waals surface area contributed by atoms with Crippen LogP contribution < -0.4 is 4.74 Å². The van der Waals surface area contributed by atoms with Crippen molar-refractivity contribution in [3.63, 3.8) is 0 Å². The van der Waals surface area contributed by atoms with Gasteiger partial charge in [-0.2, -0.15) is 0 Å². The molecule has 1 rings (SSSR count). The van der Waals surface area contributed by atoms with Gasteiger partial charge in [-0.3, -0.25) is 4.79 Å². The van der Waals surface area contributed by atoms with E-state index in [4.69, 9.17) is 4.74 Å². The van der Waals surface area contributed by atoms with Gasteiger partial charge in [-0.05, 0) is 43.9 Å². The van der Waals surface area contributed by atoms with Gasteiger partial charge in [-0.25, -0.2) is 4.39 Å². The van der Waals surface area contributed by atoms with E-state index in [9.17, 15) is 14.3 Å². The number of hydrogen-bond donors (Lipinski definition) is 1. The van der Waals surface area contributed by atoms with Crippen LogP contribution in [0.2, 0.25) is 0 Å². The van der Waals surface area contributed by atoms with E-state index in [2.05, 4.69) is 0 Å². The van der Waals surface area contributed by atoms with E-state index < -0.39 is 17.2 Å². The maximum absolute atomic E-state index is 13.9. The summed E-state index contributed by atoms with van der Waals surface area (Å²) in [5.41, 5.74) is -0.616. The average Bonchev–Trinajstić information content (AvgIpc) is 2.30. The summed E-state index contributed by atoms with van der Waals surface area (Å²) in [6.45, 7) is 7.68. The molecule has 106 valence electrons. The van der Waals surface area contributed by atoms with Gasteiger partial charge in [-0.15, -0.1) is 0 Å². The predicted octanol–water partition coefficient (Wildman–Crippen LogP) is 3.61. The second-order valence-corrected chi connectivity index (χ2v) is 5.31. The maximum atomic E-state index is 13.9. The van der Waals surface area contributed by atoms with E-state index in [1.165, 1.54) is 12.1 Å². The van der Waals surface area contributed by atoms with Crippen LogP contribution in [-0.2, 0) is 10.2 Å². The lowest BCUT2D eigenvalue weighted by atomic mass is 9.76. The third-order valence-electron chi connectivity index (χ3n) is 3.16. The van der Waals surface area contributed by atoms with Gasteiger partial charge in [0.2, 0.25) is 0 Å². The molecule has 0 heterocycles. The molecular weight excluding hydrogens is 247 g/mol. The summed E-state index contributed by atoms with van der Waals surface area (Å²) in [5, 5.41) is 9.44. The Morgan fingerprint density at radius 2 is 2.11 bits per heavy atom. The zero-order valence-corrected chi connectivity index (χ0v) is 11.9. The van der Waals surface area contributed by atoms with Gasteiger partial charge >= 0.3 is 5.97 Å². The van der Waals surface area contributed by atoms with Crippen molar-refractivity contribution in [2.24, 2.45) is 5.92 Å². The number of ether oxygens (including phenoxy) is 1. The minimum atomic E-state index is -1.08. The average molecular weight is 268 g/mol. The molecule has 19 heavy (non-hydrogen) atoms. The van der Waals surface area contributed by atoms with Crippen LogP contribution in [-0.4, -0.2) is 17.7 Å². The van der Waals surface area contributed by atoms with E-state index in [1.807, 2.05) is 13.8 Å². The van der Waals surface area contributed by atoms with Gasteiger partial charge in [0, 0.05) is 0 Å². The molecule has 0 amide bonds. The Bertz CT molecular complexity index is 457. The number of halogens is 1. The molecule has 1 N–H and O–H groups in total. The number of hydrogen-bond acceptors (Lipinski definition) is 2. The Morgan fingerprint density at radius 1 is 1.47 bits per heavy atom. The number of carboxylic acids is 1. The number of benzene rings is 1. The summed E-state index contributed by atoms with van der Waals surface area (Å²) < 4.78 is 19.0. The first kappa shape index (κ1) is 15.5. The Labute approximate surface area is 113 Å². The monoisotopic (exact) mass is 268 g/mol. The van der Waals surface area contributed by atoms with E-state index in [1.54, 1.807) is 19.9 Å². The minimum absolute atomic E-state index is 0.156. The first-order valence-corrected chi connectivity index (χ1v) is 6.47. The van der Waals surface area contributed by atoms with Crippen molar-refractivity contribution in [1.29, 1.82) is 0 Å². The molecule has 0 saturated heterocycles. The van der Waals surface area contributed by atoms with E-state index in [0.29, 0.717) is 18.6 Å². The molecule has 0 radical (unpaired) electrons. The van der Waals surface area contributed by atoms with Crippen LogP contribution in [0.1, 0.15) is 39.7 Å². The summed E-state index contributed by atoms with van der Waals surface area (Å²) in [5.74, 6) is -1.10. The molecule has 1 aromatic carbocycles. The molecule has 3 nitrogen and oxygen atoms in total. The van der Waals surface area contributed by atoms with Gasteiger partial charge < -0.3 is 9.84 Å². The van der Waals surface area contributed by atoms with Crippen LogP contribution in [0.5, 0.6) is 5.75 Å². The molecule has 0 aromatic heterocycles. The zero-order chi connectivity index (χ0) is 14.6. The summed E-state index contributed by atoms with van der Waals surface area (Å²) in [6, 6.07) is 4.39. The van der Waals surface area contributed by atoms with Crippen LogP contribution in [0.4, 0.5) is 4.39 Å². The molecule has 0 fully saturated rings. The molecule has 1 atom stereocenters. The van der Waals surface area contributed by atoms with Crippen LogP contribution in [0.15, 0.2) is 18.2 Å². The zero-order valence-electron chi connectivity index (χ0n) is 11.9. The Morgan fingerprint density at radius 3 is 2.53 bits per heavy atom. The molecule has 0 spiro atoms. The van der Waals surface area contributed by atoms with E-state index in [-0.39, 0.29) is 11.7 Å². The lowest BCUT2D eigenvalue weighted by Gasteiger charge is -2.27. The quantitative estimate of drug-likeness (QED) is 0.857. The summed E-state index contributed by atoms with van der Waals surface area (Å²) in [6.07, 6.45) is 0.454. The van der Waals surface area contributed by atoms with Gasteiger partial charge in [-0.1, -0.05) is 19.9 Å². The lowest BCUT2D eigenvalue weighted by molar-refractivity contribution is -0.143. The number of aliphatic carboxylic acids is 1. The van der Waals surface area contributed by atoms with Crippen LogP contribution >= 0.6 is 0 Å². The number of carbonyl (C=O) groups is 1. The second-order valence-electron chi connectivity index (χ2n) is 5.31. The van der Waals surface area contributed by atoms with Gasteiger partial charge in [0.1, 0.15) is 0 Å².